The third kappa shape index (κ3) is 7.66. The Hall–Kier alpha value is -0.0500. The van der Waals surface area contributed by atoms with Gasteiger partial charge in [0.25, 0.3) is 0 Å². The zero-order chi connectivity index (χ0) is 14.3. The fourth-order valence-corrected chi connectivity index (χ4v) is 2.46. The van der Waals surface area contributed by atoms with Gasteiger partial charge in [-0.05, 0) is 25.0 Å². The zero-order valence-electron chi connectivity index (χ0n) is 12.0. The van der Waals surface area contributed by atoms with Gasteiger partial charge in [0.2, 0.25) is 0 Å². The van der Waals surface area contributed by atoms with Gasteiger partial charge in [0.05, 0.1) is 4.34 Å². The normalized spacial score (nSPS) is 13.0. The number of hydrogen-bond acceptors (Lipinski definition) is 3. The van der Waals surface area contributed by atoms with Gasteiger partial charge in [-0.1, -0.05) is 25.4 Å². The summed E-state index contributed by atoms with van der Waals surface area (Å²) in [6, 6.07) is 3.64. The number of guanidine groups is 1. The van der Waals surface area contributed by atoms with Crippen LogP contribution >= 0.6 is 46.9 Å². The predicted octanol–water partition coefficient (Wildman–Crippen LogP) is 3.26. The lowest BCUT2D eigenvalue weighted by molar-refractivity contribution is 0.184. The molecule has 3 N–H and O–H groups in total. The van der Waals surface area contributed by atoms with Crippen molar-refractivity contribution >= 4 is 52.9 Å². The second-order valence-corrected chi connectivity index (χ2v) is 6.40. The monoisotopic (exact) mass is 431 g/mol. The molecule has 1 atom stereocenters. The average Bonchev–Trinajstić information content (AvgIpc) is 2.79. The van der Waals surface area contributed by atoms with Gasteiger partial charge in [0, 0.05) is 24.5 Å². The first-order valence-electron chi connectivity index (χ1n) is 6.48. The number of aliphatic hydroxyl groups is 1. The molecule has 1 rings (SSSR count). The summed E-state index contributed by atoms with van der Waals surface area (Å²) in [6.07, 6.45) is -0.569. The molecule has 0 aliphatic heterocycles. The first-order valence-corrected chi connectivity index (χ1v) is 7.67. The Morgan fingerprint density at radius 3 is 2.60 bits per heavy atom. The SMILES string of the molecule is CCNC(=NCC(C)C)NCC(O)c1ccc(Cl)s1.I. The molecule has 1 aromatic rings. The summed E-state index contributed by atoms with van der Waals surface area (Å²) >= 11 is 7.25. The van der Waals surface area contributed by atoms with Gasteiger partial charge < -0.3 is 15.7 Å². The molecule has 1 unspecified atom stereocenters. The molecule has 0 radical (unpaired) electrons. The lowest BCUT2D eigenvalue weighted by Gasteiger charge is -2.14. The number of nitrogens with one attached hydrogen (secondary N) is 2. The number of rotatable bonds is 6. The van der Waals surface area contributed by atoms with Crippen molar-refractivity contribution in [3.05, 3.63) is 21.3 Å². The van der Waals surface area contributed by atoms with Gasteiger partial charge in [-0.3, -0.25) is 4.99 Å². The third-order valence-electron chi connectivity index (χ3n) is 2.34. The van der Waals surface area contributed by atoms with Crippen molar-refractivity contribution < 1.29 is 5.11 Å². The lowest BCUT2D eigenvalue weighted by atomic mass is 10.2. The molecule has 0 saturated carbocycles. The van der Waals surface area contributed by atoms with Crippen LogP contribution in [0.1, 0.15) is 31.8 Å². The van der Waals surface area contributed by atoms with E-state index in [-0.39, 0.29) is 24.0 Å². The van der Waals surface area contributed by atoms with Crippen LogP contribution in [0.25, 0.3) is 0 Å². The predicted molar refractivity (Wildman–Crippen MR) is 98.5 cm³/mol. The topological polar surface area (TPSA) is 56.7 Å². The summed E-state index contributed by atoms with van der Waals surface area (Å²) in [5.74, 6) is 1.24. The van der Waals surface area contributed by atoms with E-state index >= 15 is 0 Å². The zero-order valence-corrected chi connectivity index (χ0v) is 15.9. The van der Waals surface area contributed by atoms with Crippen LogP contribution in [0.5, 0.6) is 0 Å². The van der Waals surface area contributed by atoms with Crippen molar-refractivity contribution in [3.63, 3.8) is 0 Å². The highest BCUT2D eigenvalue weighted by Crippen LogP contribution is 2.26. The van der Waals surface area contributed by atoms with Crippen LogP contribution in [-0.2, 0) is 0 Å². The molecule has 1 aromatic heterocycles. The van der Waals surface area contributed by atoms with E-state index in [0.717, 1.165) is 23.9 Å². The van der Waals surface area contributed by atoms with Crippen LogP contribution in [0.3, 0.4) is 0 Å². The minimum Gasteiger partial charge on any atom is -0.386 e. The molecular formula is C13H23ClIN3OS. The fraction of sp³-hybridized carbons (Fsp3) is 0.615. The maximum absolute atomic E-state index is 10.0. The van der Waals surface area contributed by atoms with Crippen molar-refractivity contribution in [2.45, 2.75) is 26.9 Å². The molecule has 1 heterocycles. The second-order valence-electron chi connectivity index (χ2n) is 4.65. The number of halogens is 2. The van der Waals surface area contributed by atoms with Crippen molar-refractivity contribution in [1.82, 2.24) is 10.6 Å². The molecule has 0 aromatic carbocycles. The number of thiophene rings is 1. The first kappa shape index (κ1) is 19.9. The molecule has 0 spiro atoms. The summed E-state index contributed by atoms with van der Waals surface area (Å²) < 4.78 is 0.689. The molecule has 0 fully saturated rings. The number of aliphatic imine (C=N–C) groups is 1. The van der Waals surface area contributed by atoms with E-state index < -0.39 is 6.10 Å². The van der Waals surface area contributed by atoms with Gasteiger partial charge >= 0.3 is 0 Å². The van der Waals surface area contributed by atoms with Crippen LogP contribution in [-0.4, -0.2) is 30.7 Å². The molecular weight excluding hydrogens is 409 g/mol. The smallest absolute Gasteiger partial charge is 0.191 e. The molecule has 0 bridgehead atoms. The van der Waals surface area contributed by atoms with E-state index in [1.54, 1.807) is 6.07 Å². The van der Waals surface area contributed by atoms with E-state index in [4.69, 9.17) is 11.6 Å². The summed E-state index contributed by atoms with van der Waals surface area (Å²) in [6.45, 7) is 8.23. The van der Waals surface area contributed by atoms with Crippen LogP contribution in [0.15, 0.2) is 17.1 Å². The Morgan fingerprint density at radius 1 is 1.40 bits per heavy atom. The molecule has 0 aliphatic rings. The molecule has 20 heavy (non-hydrogen) atoms. The molecule has 116 valence electrons. The number of aliphatic hydroxyl groups excluding tert-OH is 1. The highest BCUT2D eigenvalue weighted by atomic mass is 127. The quantitative estimate of drug-likeness (QED) is 0.368. The standard InChI is InChI=1S/C13H22ClN3OS.HI/c1-4-15-13(16-7-9(2)3)17-8-10(18)11-5-6-12(14)19-11;/h5-6,9-10,18H,4,7-8H2,1-3H3,(H2,15,16,17);1H. The molecule has 0 saturated heterocycles. The van der Waals surface area contributed by atoms with E-state index in [1.807, 2.05) is 13.0 Å². The van der Waals surface area contributed by atoms with Crippen LogP contribution < -0.4 is 10.6 Å². The van der Waals surface area contributed by atoms with Gasteiger partial charge in [-0.25, -0.2) is 0 Å². The van der Waals surface area contributed by atoms with Gasteiger partial charge in [-0.2, -0.15) is 0 Å². The van der Waals surface area contributed by atoms with Crippen LogP contribution in [0.2, 0.25) is 4.34 Å². The van der Waals surface area contributed by atoms with E-state index in [9.17, 15) is 5.11 Å². The third-order valence-corrected chi connectivity index (χ3v) is 3.68. The summed E-state index contributed by atoms with van der Waals surface area (Å²) in [5, 5.41) is 16.3. The Balaban J connectivity index is 0.00000361. The van der Waals surface area contributed by atoms with Crippen molar-refractivity contribution in [3.8, 4) is 0 Å². The van der Waals surface area contributed by atoms with E-state index in [2.05, 4.69) is 29.5 Å². The molecule has 0 amide bonds. The van der Waals surface area contributed by atoms with Crippen molar-refractivity contribution in [1.29, 1.82) is 0 Å². The largest absolute Gasteiger partial charge is 0.386 e. The summed E-state index contributed by atoms with van der Waals surface area (Å²) in [5.41, 5.74) is 0. The first-order chi connectivity index (χ1) is 9.02. The highest BCUT2D eigenvalue weighted by Gasteiger charge is 2.10. The van der Waals surface area contributed by atoms with Gasteiger partial charge in [-0.15, -0.1) is 35.3 Å². The minimum atomic E-state index is -0.569. The van der Waals surface area contributed by atoms with Gasteiger partial charge in [0.1, 0.15) is 6.10 Å². The second kappa shape index (κ2) is 10.6. The fourth-order valence-electron chi connectivity index (χ4n) is 1.42. The lowest BCUT2D eigenvalue weighted by Crippen LogP contribution is -2.39. The summed E-state index contributed by atoms with van der Waals surface area (Å²) in [7, 11) is 0. The highest BCUT2D eigenvalue weighted by molar-refractivity contribution is 14.0. The van der Waals surface area contributed by atoms with Crippen LogP contribution in [0.4, 0.5) is 0 Å². The number of hydrogen-bond donors (Lipinski definition) is 3. The minimum absolute atomic E-state index is 0. The Labute approximate surface area is 147 Å². The van der Waals surface area contributed by atoms with E-state index in [0.29, 0.717) is 16.8 Å². The molecule has 4 nitrogen and oxygen atoms in total. The summed E-state index contributed by atoms with van der Waals surface area (Å²) in [4.78, 5) is 5.30. The van der Waals surface area contributed by atoms with Crippen LogP contribution in [0, 0.1) is 5.92 Å². The Kier molecular flexibility index (Phi) is 10.6. The van der Waals surface area contributed by atoms with Crippen molar-refractivity contribution in [2.24, 2.45) is 10.9 Å². The maximum Gasteiger partial charge on any atom is 0.191 e. The maximum atomic E-state index is 10.0. The Morgan fingerprint density at radius 2 is 2.10 bits per heavy atom. The Bertz CT molecular complexity index is 412. The molecule has 7 heteroatoms. The average molecular weight is 432 g/mol. The number of nitrogens with zero attached hydrogens (tertiary/aromatic N) is 1. The van der Waals surface area contributed by atoms with Crippen molar-refractivity contribution in [2.75, 3.05) is 19.6 Å². The van der Waals surface area contributed by atoms with Gasteiger partial charge in [0.15, 0.2) is 5.96 Å². The molecule has 0 aliphatic carbocycles. The van der Waals surface area contributed by atoms with E-state index in [1.165, 1.54) is 11.3 Å².